The standard InChI is InChI=1S/C12H18N2O2S/c13-12-3-1-2-11(8-12)9-17(15,16)14-7-6-10-4-5-10/h1-3,8,10,14H,4-7,9,13H2. The van der Waals surface area contributed by atoms with E-state index in [1.165, 1.54) is 12.8 Å². The van der Waals surface area contributed by atoms with E-state index in [0.29, 0.717) is 12.2 Å². The van der Waals surface area contributed by atoms with Crippen molar-refractivity contribution in [3.8, 4) is 0 Å². The first-order chi connectivity index (χ1) is 8.05. The van der Waals surface area contributed by atoms with Crippen LogP contribution in [0.1, 0.15) is 24.8 Å². The summed E-state index contributed by atoms with van der Waals surface area (Å²) in [6.45, 7) is 0.551. The highest BCUT2D eigenvalue weighted by atomic mass is 32.2. The average molecular weight is 254 g/mol. The molecule has 1 aliphatic carbocycles. The van der Waals surface area contributed by atoms with Crippen molar-refractivity contribution in [1.82, 2.24) is 4.72 Å². The van der Waals surface area contributed by atoms with Crippen LogP contribution in [0.5, 0.6) is 0 Å². The minimum absolute atomic E-state index is 0.00269. The topological polar surface area (TPSA) is 72.2 Å². The fourth-order valence-corrected chi connectivity index (χ4v) is 2.93. The van der Waals surface area contributed by atoms with E-state index >= 15 is 0 Å². The van der Waals surface area contributed by atoms with Crippen LogP contribution < -0.4 is 10.5 Å². The summed E-state index contributed by atoms with van der Waals surface area (Å²) in [5.41, 5.74) is 6.93. The van der Waals surface area contributed by atoms with E-state index in [1.807, 2.05) is 0 Å². The SMILES string of the molecule is Nc1cccc(CS(=O)(=O)NCCC2CC2)c1. The highest BCUT2D eigenvalue weighted by molar-refractivity contribution is 7.88. The van der Waals surface area contributed by atoms with Gasteiger partial charge in [0.2, 0.25) is 10.0 Å². The Hall–Kier alpha value is -1.07. The number of rotatable bonds is 6. The average Bonchev–Trinajstić information content (AvgIpc) is 3.00. The zero-order valence-electron chi connectivity index (χ0n) is 9.72. The van der Waals surface area contributed by atoms with Gasteiger partial charge in [-0.05, 0) is 30.0 Å². The Morgan fingerprint density at radius 3 is 2.76 bits per heavy atom. The Bertz CT molecular complexity index is 481. The van der Waals surface area contributed by atoms with E-state index in [2.05, 4.69) is 4.72 Å². The van der Waals surface area contributed by atoms with E-state index in [1.54, 1.807) is 24.3 Å². The molecule has 1 saturated carbocycles. The van der Waals surface area contributed by atoms with Gasteiger partial charge in [0.05, 0.1) is 5.75 Å². The molecule has 1 aromatic carbocycles. The number of hydrogen-bond donors (Lipinski definition) is 2. The molecule has 2 rings (SSSR count). The van der Waals surface area contributed by atoms with Crippen LogP contribution in [-0.2, 0) is 15.8 Å². The molecular weight excluding hydrogens is 236 g/mol. The molecule has 17 heavy (non-hydrogen) atoms. The lowest BCUT2D eigenvalue weighted by molar-refractivity contribution is 0.574. The summed E-state index contributed by atoms with van der Waals surface area (Å²) in [5, 5.41) is 0. The van der Waals surface area contributed by atoms with Gasteiger partial charge in [0, 0.05) is 12.2 Å². The van der Waals surface area contributed by atoms with Gasteiger partial charge in [-0.1, -0.05) is 25.0 Å². The summed E-state index contributed by atoms with van der Waals surface area (Å²) in [5.74, 6) is 0.743. The minimum Gasteiger partial charge on any atom is -0.399 e. The maximum Gasteiger partial charge on any atom is 0.215 e. The normalized spacial score (nSPS) is 16.0. The molecule has 0 atom stereocenters. The van der Waals surface area contributed by atoms with Crippen LogP contribution in [0.25, 0.3) is 0 Å². The molecule has 3 N–H and O–H groups in total. The summed E-state index contributed by atoms with van der Waals surface area (Å²) >= 11 is 0. The lowest BCUT2D eigenvalue weighted by atomic mass is 10.2. The second-order valence-corrected chi connectivity index (χ2v) is 6.44. The van der Waals surface area contributed by atoms with Crippen LogP contribution in [0, 0.1) is 5.92 Å². The third-order valence-corrected chi connectivity index (χ3v) is 4.24. The second kappa shape index (κ2) is 5.06. The number of nitrogens with two attached hydrogens (primary N) is 1. The van der Waals surface area contributed by atoms with Crippen LogP contribution in [0.4, 0.5) is 5.69 Å². The third-order valence-electron chi connectivity index (χ3n) is 2.88. The van der Waals surface area contributed by atoms with Crippen molar-refractivity contribution in [2.75, 3.05) is 12.3 Å². The van der Waals surface area contributed by atoms with Crippen LogP contribution in [-0.4, -0.2) is 15.0 Å². The first-order valence-corrected chi connectivity index (χ1v) is 7.52. The molecule has 0 heterocycles. The Labute approximate surface area is 102 Å². The lowest BCUT2D eigenvalue weighted by Gasteiger charge is -2.06. The molecule has 0 bridgehead atoms. The van der Waals surface area contributed by atoms with Gasteiger partial charge in [-0.15, -0.1) is 0 Å². The summed E-state index contributed by atoms with van der Waals surface area (Å²) in [7, 11) is -3.22. The summed E-state index contributed by atoms with van der Waals surface area (Å²) < 4.78 is 26.2. The number of benzene rings is 1. The second-order valence-electron chi connectivity index (χ2n) is 4.63. The lowest BCUT2D eigenvalue weighted by Crippen LogP contribution is -2.26. The van der Waals surface area contributed by atoms with Gasteiger partial charge in [0.1, 0.15) is 0 Å². The van der Waals surface area contributed by atoms with Crippen molar-refractivity contribution in [1.29, 1.82) is 0 Å². The van der Waals surface area contributed by atoms with E-state index in [0.717, 1.165) is 17.9 Å². The predicted molar refractivity (Wildman–Crippen MR) is 68.8 cm³/mol. The van der Waals surface area contributed by atoms with Crippen LogP contribution in [0.2, 0.25) is 0 Å². The van der Waals surface area contributed by atoms with Gasteiger partial charge >= 0.3 is 0 Å². The van der Waals surface area contributed by atoms with Crippen LogP contribution in [0.3, 0.4) is 0 Å². The molecule has 0 saturated heterocycles. The molecule has 4 nitrogen and oxygen atoms in total. The van der Waals surface area contributed by atoms with Crippen LogP contribution >= 0.6 is 0 Å². The zero-order valence-corrected chi connectivity index (χ0v) is 10.5. The molecule has 0 unspecified atom stereocenters. The molecule has 1 aliphatic rings. The molecule has 94 valence electrons. The molecule has 0 spiro atoms. The summed E-state index contributed by atoms with van der Waals surface area (Å²) in [4.78, 5) is 0. The van der Waals surface area contributed by atoms with Gasteiger partial charge in [-0.3, -0.25) is 0 Å². The van der Waals surface area contributed by atoms with Crippen molar-refractivity contribution < 1.29 is 8.42 Å². The summed E-state index contributed by atoms with van der Waals surface area (Å²) in [6.07, 6.45) is 3.45. The van der Waals surface area contributed by atoms with E-state index in [-0.39, 0.29) is 5.75 Å². The third kappa shape index (κ3) is 4.36. The van der Waals surface area contributed by atoms with E-state index < -0.39 is 10.0 Å². The molecule has 0 amide bonds. The molecule has 0 aromatic heterocycles. The largest absolute Gasteiger partial charge is 0.399 e. The highest BCUT2D eigenvalue weighted by Crippen LogP contribution is 2.31. The number of sulfonamides is 1. The Morgan fingerprint density at radius 2 is 2.12 bits per heavy atom. The van der Waals surface area contributed by atoms with Crippen molar-refractivity contribution in [3.05, 3.63) is 29.8 Å². The first-order valence-electron chi connectivity index (χ1n) is 5.87. The molecule has 1 fully saturated rings. The first kappa shape index (κ1) is 12.4. The van der Waals surface area contributed by atoms with E-state index in [9.17, 15) is 8.42 Å². The van der Waals surface area contributed by atoms with Crippen molar-refractivity contribution in [3.63, 3.8) is 0 Å². The van der Waals surface area contributed by atoms with Crippen LogP contribution in [0.15, 0.2) is 24.3 Å². The predicted octanol–water partition coefficient (Wildman–Crippen LogP) is 1.49. The number of nitrogens with one attached hydrogen (secondary N) is 1. The fraction of sp³-hybridized carbons (Fsp3) is 0.500. The summed E-state index contributed by atoms with van der Waals surface area (Å²) in [6, 6.07) is 6.98. The van der Waals surface area contributed by atoms with Crippen molar-refractivity contribution in [2.45, 2.75) is 25.0 Å². The molecule has 5 heteroatoms. The maximum atomic E-state index is 11.8. The van der Waals surface area contributed by atoms with Gasteiger partial charge < -0.3 is 5.73 Å². The molecule has 0 aliphatic heterocycles. The van der Waals surface area contributed by atoms with Crippen molar-refractivity contribution >= 4 is 15.7 Å². The smallest absolute Gasteiger partial charge is 0.215 e. The van der Waals surface area contributed by atoms with Gasteiger partial charge in [-0.25, -0.2) is 13.1 Å². The minimum atomic E-state index is -3.22. The molecular formula is C12H18N2O2S. The zero-order chi connectivity index (χ0) is 12.3. The monoisotopic (exact) mass is 254 g/mol. The number of nitrogen functional groups attached to an aromatic ring is 1. The Morgan fingerprint density at radius 1 is 1.35 bits per heavy atom. The fourth-order valence-electron chi connectivity index (χ4n) is 1.78. The maximum absolute atomic E-state index is 11.8. The Kier molecular flexibility index (Phi) is 3.69. The quantitative estimate of drug-likeness (QED) is 0.755. The number of anilines is 1. The number of hydrogen-bond acceptors (Lipinski definition) is 3. The molecule has 1 aromatic rings. The van der Waals surface area contributed by atoms with Gasteiger partial charge in [-0.2, -0.15) is 0 Å². The van der Waals surface area contributed by atoms with Gasteiger partial charge in [0.25, 0.3) is 0 Å². The molecule has 0 radical (unpaired) electrons. The highest BCUT2D eigenvalue weighted by Gasteiger charge is 2.21. The van der Waals surface area contributed by atoms with E-state index in [4.69, 9.17) is 5.73 Å². The Balaban J connectivity index is 1.86. The van der Waals surface area contributed by atoms with Crippen molar-refractivity contribution in [2.24, 2.45) is 5.92 Å². The van der Waals surface area contributed by atoms with Gasteiger partial charge in [0.15, 0.2) is 0 Å².